The summed E-state index contributed by atoms with van der Waals surface area (Å²) >= 11 is 0. The molecule has 8 aliphatic rings. The minimum absolute atomic E-state index is 0.0127. The SMILES string of the molecule is [2H]c1c([2H])c([2H])c(C2=CC3=C(CC2c2c([2H])c([2H])c([2H])c([2H])c2[2H])N(C24CC5CC(CC(C5)C2)C4)c2cc(-c4ccc(C(C)C)cc4)cc4c2B3C2=C(CCC(n3c5c([2H])c([2H])c(C(C)(C)C)c([2H])c5c5c([2H])c(C(C)(C)C)c([2H])c([2H])c53)=C2)O4)c([2H])c1[2H]. The van der Waals surface area contributed by atoms with Crippen LogP contribution in [0.5, 0.6) is 5.75 Å². The maximum absolute atomic E-state index is 10.00. The molecule has 0 spiro atoms. The summed E-state index contributed by atoms with van der Waals surface area (Å²) in [6, 6.07) is 7.05. The zero-order valence-electron chi connectivity index (χ0n) is 59.2. The molecule has 1 atom stereocenters. The van der Waals surface area contributed by atoms with Crippen LogP contribution < -0.4 is 15.1 Å². The average molecular weight is 971 g/mol. The van der Waals surface area contributed by atoms with Gasteiger partial charge < -0.3 is 14.2 Å². The molecule has 15 rings (SSSR count). The number of benzene rings is 6. The number of fused-ring (bicyclic) bond motifs is 5. The molecule has 0 radical (unpaired) electrons. The van der Waals surface area contributed by atoms with E-state index in [1.54, 1.807) is 4.57 Å². The number of nitrogens with zero attached hydrogens (tertiary/aromatic N) is 2. The van der Waals surface area contributed by atoms with Gasteiger partial charge in [-0.15, -0.1) is 0 Å². The predicted octanol–water partition coefficient (Wildman–Crippen LogP) is 17.3. The molecular weight excluding hydrogens is 884 g/mol. The standard InChI is InChI=1S/C69H71BN2O/c1-42(2)46-19-21-47(22-20-46)50-32-63-66-65(33-50)73-64-28-25-53(71-60-26-23-51(67(3,4)5)34-56(60)57-35-52(68(6,7)8)24-27-61(57)71)36-59(64)70(66)58-37-54(48-15-11-9-12-16-48)55(49-17-13-10-14-18-49)38-62(58)72(63)69-39-43-29-44(40-69)31-45(30-43)41-69/h9-24,26-27,32-37,42-45,55H,25,28-31,38-41H2,1-8H3/i9D,10D,11D,12D,13D,14D,15D,16D,17D,18D,23D,24D,26D,27D,34D,35D. The highest BCUT2D eigenvalue weighted by molar-refractivity contribution is 6.90. The van der Waals surface area contributed by atoms with E-state index < -0.39 is 89.4 Å². The van der Waals surface area contributed by atoms with Crippen LogP contribution in [0, 0.1) is 17.8 Å². The molecule has 4 heteroatoms. The number of hydrogen-bond donors (Lipinski definition) is 0. The predicted molar refractivity (Wildman–Crippen MR) is 308 cm³/mol. The smallest absolute Gasteiger partial charge is 0.255 e. The highest BCUT2D eigenvalue weighted by Crippen LogP contribution is 2.62. The van der Waals surface area contributed by atoms with E-state index in [9.17, 15) is 13.7 Å². The van der Waals surface area contributed by atoms with Crippen LogP contribution in [0.1, 0.15) is 175 Å². The Morgan fingerprint density at radius 2 is 1.26 bits per heavy atom. The third kappa shape index (κ3) is 7.27. The van der Waals surface area contributed by atoms with Gasteiger partial charge in [-0.05, 0) is 189 Å². The molecule has 3 heterocycles. The molecule has 6 aromatic carbocycles. The van der Waals surface area contributed by atoms with Crippen molar-refractivity contribution in [3.63, 3.8) is 0 Å². The summed E-state index contributed by atoms with van der Waals surface area (Å²) in [6.07, 6.45) is 10.5. The van der Waals surface area contributed by atoms with Crippen LogP contribution in [-0.2, 0) is 10.8 Å². The maximum atomic E-state index is 10.00. The van der Waals surface area contributed by atoms with E-state index in [1.165, 1.54) is 5.56 Å². The lowest BCUT2D eigenvalue weighted by atomic mass is 9.31. The highest BCUT2D eigenvalue weighted by Gasteiger charge is 2.58. The minimum Gasteiger partial charge on any atom is -0.463 e. The van der Waals surface area contributed by atoms with E-state index in [0.29, 0.717) is 57.5 Å². The number of ether oxygens (including phenoxy) is 1. The first-order chi connectivity index (χ1) is 41.8. The Balaban J connectivity index is 1.11. The van der Waals surface area contributed by atoms with Crippen molar-refractivity contribution in [1.82, 2.24) is 4.57 Å². The molecule has 366 valence electrons. The topological polar surface area (TPSA) is 17.4 Å². The average Bonchev–Trinajstić information content (AvgIpc) is 1.41. The van der Waals surface area contributed by atoms with Gasteiger partial charge in [0.1, 0.15) is 5.75 Å². The molecule has 4 fully saturated rings. The van der Waals surface area contributed by atoms with Gasteiger partial charge in [0.15, 0.2) is 0 Å². The summed E-state index contributed by atoms with van der Waals surface area (Å²) in [5.41, 5.74) is 6.82. The lowest BCUT2D eigenvalue weighted by Crippen LogP contribution is -2.63. The molecule has 3 nitrogen and oxygen atoms in total. The first kappa shape index (κ1) is 31.5. The van der Waals surface area contributed by atoms with Crippen LogP contribution in [-0.4, -0.2) is 16.8 Å². The van der Waals surface area contributed by atoms with Crippen molar-refractivity contribution in [2.24, 2.45) is 17.8 Å². The van der Waals surface area contributed by atoms with Gasteiger partial charge in [-0.2, -0.15) is 0 Å². The quantitative estimate of drug-likeness (QED) is 0.155. The first-order valence-corrected chi connectivity index (χ1v) is 26.7. The normalized spacial score (nSPS) is 27.3. The molecule has 7 aromatic rings. The van der Waals surface area contributed by atoms with Crippen molar-refractivity contribution in [3.05, 3.63) is 195 Å². The van der Waals surface area contributed by atoms with Crippen LogP contribution in [0.25, 0.3) is 44.2 Å². The Bertz CT molecular complexity index is 4320. The number of anilines is 1. The van der Waals surface area contributed by atoms with Gasteiger partial charge in [-0.1, -0.05) is 158 Å². The maximum Gasteiger partial charge on any atom is 0.255 e. The Kier molecular flexibility index (Phi) is 7.06. The van der Waals surface area contributed by atoms with Crippen molar-refractivity contribution in [2.75, 3.05) is 4.90 Å². The van der Waals surface area contributed by atoms with Crippen molar-refractivity contribution >= 4 is 50.9 Å². The first-order valence-electron chi connectivity index (χ1n) is 34.7. The molecule has 0 amide bonds. The second-order valence-corrected chi connectivity index (χ2v) is 24.8. The van der Waals surface area contributed by atoms with E-state index in [1.807, 2.05) is 53.7 Å². The van der Waals surface area contributed by atoms with Crippen LogP contribution in [0.3, 0.4) is 0 Å². The molecule has 73 heavy (non-hydrogen) atoms. The van der Waals surface area contributed by atoms with E-state index in [0.717, 1.165) is 72.0 Å². The lowest BCUT2D eigenvalue weighted by Gasteiger charge is -2.63. The van der Waals surface area contributed by atoms with Gasteiger partial charge in [0.2, 0.25) is 0 Å². The Morgan fingerprint density at radius 1 is 0.658 bits per heavy atom. The van der Waals surface area contributed by atoms with E-state index in [4.69, 9.17) is 13.0 Å². The Morgan fingerprint density at radius 3 is 1.85 bits per heavy atom. The number of hydrogen-bond acceptors (Lipinski definition) is 2. The fraction of sp³-hybridized carbons (Fsp3) is 0.362. The summed E-state index contributed by atoms with van der Waals surface area (Å²) in [4.78, 5) is 2.54. The molecule has 1 aromatic heterocycles. The summed E-state index contributed by atoms with van der Waals surface area (Å²) in [6.45, 7) is 15.0. The van der Waals surface area contributed by atoms with Crippen LogP contribution >= 0.6 is 0 Å². The van der Waals surface area contributed by atoms with Crippen molar-refractivity contribution in [1.29, 1.82) is 0 Å². The van der Waals surface area contributed by atoms with E-state index in [2.05, 4.69) is 55.1 Å². The fourth-order valence-corrected chi connectivity index (χ4v) is 14.5. The third-order valence-corrected chi connectivity index (χ3v) is 17.6. The summed E-state index contributed by atoms with van der Waals surface area (Å²) in [7, 11) is 0. The number of rotatable bonds is 6. The lowest BCUT2D eigenvalue weighted by molar-refractivity contribution is -0.00163. The van der Waals surface area contributed by atoms with Crippen LogP contribution in [0.4, 0.5) is 5.69 Å². The van der Waals surface area contributed by atoms with Crippen molar-refractivity contribution in [2.45, 2.75) is 141 Å². The minimum atomic E-state index is -1.11. The summed E-state index contributed by atoms with van der Waals surface area (Å²) in [5, 5.41) is 0.534. The van der Waals surface area contributed by atoms with Gasteiger partial charge in [-0.25, -0.2) is 0 Å². The zero-order valence-corrected chi connectivity index (χ0v) is 43.2. The molecule has 6 aliphatic carbocycles. The van der Waals surface area contributed by atoms with Gasteiger partial charge in [-0.3, -0.25) is 0 Å². The fourth-order valence-electron chi connectivity index (χ4n) is 14.5. The molecule has 2 aliphatic heterocycles. The van der Waals surface area contributed by atoms with Gasteiger partial charge >= 0.3 is 0 Å². The second kappa shape index (κ2) is 16.4. The zero-order chi connectivity index (χ0) is 63.6. The molecule has 0 saturated heterocycles. The molecule has 1 unspecified atom stereocenters. The van der Waals surface area contributed by atoms with Gasteiger partial charge in [0.25, 0.3) is 6.71 Å². The van der Waals surface area contributed by atoms with Crippen LogP contribution in [0.15, 0.2) is 168 Å². The third-order valence-electron chi connectivity index (χ3n) is 17.6. The molecule has 0 N–H and O–H groups in total. The number of allylic oxidation sites excluding steroid dienone is 8. The Hall–Kier alpha value is -6.26. The Labute approximate surface area is 457 Å². The van der Waals surface area contributed by atoms with Crippen molar-refractivity contribution in [3.8, 4) is 16.9 Å². The summed E-state index contributed by atoms with van der Waals surface area (Å²) < 4.78 is 160. The van der Waals surface area contributed by atoms with E-state index >= 15 is 0 Å². The molecule has 4 bridgehead atoms. The highest BCUT2D eigenvalue weighted by atomic mass is 16.5. The largest absolute Gasteiger partial charge is 0.463 e. The van der Waals surface area contributed by atoms with Gasteiger partial charge in [0.05, 0.1) is 38.7 Å². The van der Waals surface area contributed by atoms with E-state index in [-0.39, 0.29) is 94.0 Å². The molecular formula is C69H71BN2O. The van der Waals surface area contributed by atoms with Crippen LogP contribution in [0.2, 0.25) is 0 Å². The van der Waals surface area contributed by atoms with Crippen molar-refractivity contribution < 1.29 is 26.7 Å². The monoisotopic (exact) mass is 971 g/mol. The second-order valence-electron chi connectivity index (χ2n) is 24.8. The summed E-state index contributed by atoms with van der Waals surface area (Å²) in [5.74, 6) is 1.78. The molecule has 4 saturated carbocycles. The number of aromatic nitrogens is 1. The van der Waals surface area contributed by atoms with Gasteiger partial charge in [0, 0.05) is 45.7 Å².